The molecule has 0 amide bonds. The first kappa shape index (κ1) is 12.8. The SMILES string of the molecule is CCC(N)Cc1nccn1CCc1cnn(C)c1. The Hall–Kier alpha value is -1.62. The summed E-state index contributed by atoms with van der Waals surface area (Å²) in [6.07, 6.45) is 10.6. The van der Waals surface area contributed by atoms with Gasteiger partial charge in [0.15, 0.2) is 0 Å². The zero-order chi connectivity index (χ0) is 13.0. The summed E-state index contributed by atoms with van der Waals surface area (Å²) >= 11 is 0. The average molecular weight is 247 g/mol. The smallest absolute Gasteiger partial charge is 0.110 e. The highest BCUT2D eigenvalue weighted by molar-refractivity contribution is 5.04. The van der Waals surface area contributed by atoms with Crippen molar-refractivity contribution in [1.82, 2.24) is 19.3 Å². The fraction of sp³-hybridized carbons (Fsp3) is 0.538. The molecule has 0 aliphatic heterocycles. The zero-order valence-electron chi connectivity index (χ0n) is 11.1. The van der Waals surface area contributed by atoms with Crippen LogP contribution in [0.2, 0.25) is 0 Å². The summed E-state index contributed by atoms with van der Waals surface area (Å²) < 4.78 is 4.01. The Bertz CT molecular complexity index is 485. The summed E-state index contributed by atoms with van der Waals surface area (Å²) in [6.45, 7) is 3.03. The molecule has 0 fully saturated rings. The number of imidazole rings is 1. The highest BCUT2D eigenvalue weighted by Gasteiger charge is 2.07. The quantitative estimate of drug-likeness (QED) is 0.832. The lowest BCUT2D eigenvalue weighted by Crippen LogP contribution is -2.23. The molecule has 2 aromatic heterocycles. The van der Waals surface area contributed by atoms with Gasteiger partial charge in [0.05, 0.1) is 6.20 Å². The highest BCUT2D eigenvalue weighted by Crippen LogP contribution is 2.06. The Kier molecular flexibility index (Phi) is 4.15. The van der Waals surface area contributed by atoms with Gasteiger partial charge in [0.2, 0.25) is 0 Å². The Balaban J connectivity index is 1.95. The van der Waals surface area contributed by atoms with Crippen molar-refractivity contribution in [2.45, 2.75) is 38.8 Å². The lowest BCUT2D eigenvalue weighted by atomic mass is 10.1. The van der Waals surface area contributed by atoms with Gasteiger partial charge in [-0.1, -0.05) is 6.92 Å². The molecule has 0 saturated carbocycles. The van der Waals surface area contributed by atoms with E-state index in [-0.39, 0.29) is 6.04 Å². The first-order valence-electron chi connectivity index (χ1n) is 6.42. The number of aryl methyl sites for hydroxylation is 3. The first-order chi connectivity index (χ1) is 8.69. The van der Waals surface area contributed by atoms with Gasteiger partial charge in [-0.25, -0.2) is 4.98 Å². The summed E-state index contributed by atoms with van der Waals surface area (Å²) in [5.74, 6) is 1.08. The van der Waals surface area contributed by atoms with Crippen LogP contribution >= 0.6 is 0 Å². The van der Waals surface area contributed by atoms with Gasteiger partial charge in [-0.2, -0.15) is 5.10 Å². The molecule has 2 rings (SSSR count). The molecule has 2 N–H and O–H groups in total. The largest absolute Gasteiger partial charge is 0.335 e. The Morgan fingerprint density at radius 2 is 2.28 bits per heavy atom. The summed E-state index contributed by atoms with van der Waals surface area (Å²) in [4.78, 5) is 4.38. The van der Waals surface area contributed by atoms with E-state index in [1.165, 1.54) is 5.56 Å². The number of nitrogens with two attached hydrogens (primary N) is 1. The summed E-state index contributed by atoms with van der Waals surface area (Å²) in [6, 6.07) is 0.199. The Morgan fingerprint density at radius 3 is 2.94 bits per heavy atom. The monoisotopic (exact) mass is 247 g/mol. The molecule has 0 bridgehead atoms. The molecule has 2 heterocycles. The molecule has 2 aromatic rings. The fourth-order valence-electron chi connectivity index (χ4n) is 1.96. The van der Waals surface area contributed by atoms with E-state index in [0.717, 1.165) is 31.6 Å². The topological polar surface area (TPSA) is 61.7 Å². The van der Waals surface area contributed by atoms with Crippen molar-refractivity contribution < 1.29 is 0 Å². The average Bonchev–Trinajstić information content (AvgIpc) is 2.96. The van der Waals surface area contributed by atoms with Gasteiger partial charge in [-0.05, 0) is 18.4 Å². The summed E-state index contributed by atoms with van der Waals surface area (Å²) in [5, 5.41) is 4.17. The minimum Gasteiger partial charge on any atom is -0.335 e. The molecule has 5 nitrogen and oxygen atoms in total. The number of nitrogens with zero attached hydrogens (tertiary/aromatic N) is 4. The van der Waals surface area contributed by atoms with Crippen LogP contribution in [0.25, 0.3) is 0 Å². The fourth-order valence-corrected chi connectivity index (χ4v) is 1.96. The van der Waals surface area contributed by atoms with Crippen molar-refractivity contribution in [3.63, 3.8) is 0 Å². The molecule has 1 unspecified atom stereocenters. The Morgan fingerprint density at radius 1 is 1.44 bits per heavy atom. The molecule has 98 valence electrons. The highest BCUT2D eigenvalue weighted by atomic mass is 15.2. The third kappa shape index (κ3) is 3.20. The van der Waals surface area contributed by atoms with Crippen molar-refractivity contribution in [1.29, 1.82) is 0 Å². The van der Waals surface area contributed by atoms with E-state index in [2.05, 4.69) is 21.6 Å². The van der Waals surface area contributed by atoms with Gasteiger partial charge in [0.25, 0.3) is 0 Å². The summed E-state index contributed by atoms with van der Waals surface area (Å²) in [7, 11) is 1.94. The van der Waals surface area contributed by atoms with Crippen molar-refractivity contribution in [3.8, 4) is 0 Å². The van der Waals surface area contributed by atoms with Gasteiger partial charge in [0.1, 0.15) is 5.82 Å². The van der Waals surface area contributed by atoms with E-state index < -0.39 is 0 Å². The zero-order valence-corrected chi connectivity index (χ0v) is 11.1. The maximum atomic E-state index is 5.98. The molecule has 0 aliphatic carbocycles. The molecule has 5 heteroatoms. The molecular formula is C13H21N5. The number of hydrogen-bond acceptors (Lipinski definition) is 3. The van der Waals surface area contributed by atoms with E-state index in [1.54, 1.807) is 0 Å². The molecular weight excluding hydrogens is 226 g/mol. The number of aromatic nitrogens is 4. The maximum absolute atomic E-state index is 5.98. The van der Waals surface area contributed by atoms with Gasteiger partial charge < -0.3 is 10.3 Å². The van der Waals surface area contributed by atoms with E-state index >= 15 is 0 Å². The number of hydrogen-bond donors (Lipinski definition) is 1. The lowest BCUT2D eigenvalue weighted by Gasteiger charge is -2.10. The van der Waals surface area contributed by atoms with Gasteiger partial charge in [-0.15, -0.1) is 0 Å². The molecule has 1 atom stereocenters. The van der Waals surface area contributed by atoms with E-state index in [4.69, 9.17) is 5.73 Å². The molecule has 0 aliphatic rings. The Labute approximate surface area is 108 Å². The minimum atomic E-state index is 0.199. The van der Waals surface area contributed by atoms with Crippen LogP contribution in [0, 0.1) is 0 Å². The van der Waals surface area contributed by atoms with Crippen LogP contribution in [0.15, 0.2) is 24.8 Å². The van der Waals surface area contributed by atoms with Crippen LogP contribution < -0.4 is 5.73 Å². The molecule has 0 radical (unpaired) electrons. The van der Waals surface area contributed by atoms with Crippen LogP contribution in [0.5, 0.6) is 0 Å². The predicted molar refractivity (Wildman–Crippen MR) is 71.1 cm³/mol. The third-order valence-electron chi connectivity index (χ3n) is 3.17. The van der Waals surface area contributed by atoms with Crippen LogP contribution in [-0.4, -0.2) is 25.4 Å². The maximum Gasteiger partial charge on any atom is 0.110 e. The molecule has 0 aromatic carbocycles. The van der Waals surface area contributed by atoms with Gasteiger partial charge >= 0.3 is 0 Å². The van der Waals surface area contributed by atoms with E-state index in [0.29, 0.717) is 0 Å². The summed E-state index contributed by atoms with van der Waals surface area (Å²) in [5.41, 5.74) is 7.22. The van der Waals surface area contributed by atoms with E-state index in [1.807, 2.05) is 36.5 Å². The lowest BCUT2D eigenvalue weighted by molar-refractivity contribution is 0.579. The van der Waals surface area contributed by atoms with Crippen LogP contribution in [0.3, 0.4) is 0 Å². The first-order valence-corrected chi connectivity index (χ1v) is 6.42. The third-order valence-corrected chi connectivity index (χ3v) is 3.17. The molecule has 0 spiro atoms. The predicted octanol–water partition coefficient (Wildman–Crippen LogP) is 1.14. The second-order valence-electron chi connectivity index (χ2n) is 4.68. The standard InChI is InChI=1S/C13H21N5/c1-3-12(14)8-13-15-5-7-18(13)6-4-11-9-16-17(2)10-11/h5,7,9-10,12H,3-4,6,8,14H2,1-2H3. The van der Waals surface area contributed by atoms with E-state index in [9.17, 15) is 0 Å². The number of rotatable bonds is 6. The van der Waals surface area contributed by atoms with Crippen LogP contribution in [0.4, 0.5) is 0 Å². The normalized spacial score (nSPS) is 12.8. The molecule has 18 heavy (non-hydrogen) atoms. The molecule has 0 saturated heterocycles. The second-order valence-corrected chi connectivity index (χ2v) is 4.68. The second kappa shape index (κ2) is 5.82. The minimum absolute atomic E-state index is 0.199. The van der Waals surface area contributed by atoms with Gasteiger partial charge in [0, 0.05) is 44.6 Å². The van der Waals surface area contributed by atoms with Crippen molar-refractivity contribution in [2.75, 3.05) is 0 Å². The van der Waals surface area contributed by atoms with Crippen molar-refractivity contribution in [2.24, 2.45) is 12.8 Å². The van der Waals surface area contributed by atoms with Crippen LogP contribution in [0.1, 0.15) is 24.7 Å². The van der Waals surface area contributed by atoms with Crippen molar-refractivity contribution in [3.05, 3.63) is 36.2 Å². The van der Waals surface area contributed by atoms with Crippen LogP contribution in [-0.2, 0) is 26.4 Å². The van der Waals surface area contributed by atoms with Crippen molar-refractivity contribution >= 4 is 0 Å². The van der Waals surface area contributed by atoms with Gasteiger partial charge in [-0.3, -0.25) is 4.68 Å².